The zero-order valence-corrected chi connectivity index (χ0v) is 19.5. The van der Waals surface area contributed by atoms with E-state index >= 15 is 0 Å². The largest absolute Gasteiger partial charge is 0.248 e. The van der Waals surface area contributed by atoms with Crippen molar-refractivity contribution in [1.29, 1.82) is 0 Å². The third-order valence-corrected chi connectivity index (χ3v) is 6.67. The highest BCUT2D eigenvalue weighted by molar-refractivity contribution is 5.96. The first-order chi connectivity index (χ1) is 17.8. The van der Waals surface area contributed by atoms with Gasteiger partial charge >= 0.3 is 0 Å². The number of rotatable bonds is 3. The number of pyridine rings is 3. The molecule has 3 nitrogen and oxygen atoms in total. The molecule has 0 spiro atoms. The zero-order chi connectivity index (χ0) is 23.9. The molecule has 36 heavy (non-hydrogen) atoms. The number of aromatic nitrogens is 3. The van der Waals surface area contributed by atoms with E-state index in [0.29, 0.717) is 0 Å². The number of nitrogens with zero attached hydrogens (tertiary/aromatic N) is 3. The van der Waals surface area contributed by atoms with E-state index in [1.807, 2.05) is 36.4 Å². The van der Waals surface area contributed by atoms with E-state index in [9.17, 15) is 0 Å². The molecule has 0 aliphatic rings. The van der Waals surface area contributed by atoms with Crippen molar-refractivity contribution < 1.29 is 0 Å². The molecule has 0 aliphatic heterocycles. The van der Waals surface area contributed by atoms with Crippen LogP contribution in [0.2, 0.25) is 0 Å². The molecule has 0 amide bonds. The van der Waals surface area contributed by atoms with E-state index in [1.165, 1.54) is 0 Å². The van der Waals surface area contributed by atoms with Crippen LogP contribution in [0.15, 0.2) is 127 Å². The minimum atomic E-state index is 0.907. The van der Waals surface area contributed by atoms with Gasteiger partial charge in [0.2, 0.25) is 0 Å². The maximum atomic E-state index is 5.09. The van der Waals surface area contributed by atoms with Crippen LogP contribution in [-0.4, -0.2) is 15.0 Å². The molecule has 7 aromatic rings. The Bertz CT molecular complexity index is 1810. The van der Waals surface area contributed by atoms with Crippen molar-refractivity contribution in [2.24, 2.45) is 0 Å². The molecule has 168 valence electrons. The monoisotopic (exact) mass is 459 g/mol. The van der Waals surface area contributed by atoms with Gasteiger partial charge in [-0.3, -0.25) is 0 Å². The molecule has 0 radical (unpaired) electrons. The fraction of sp³-hybridized carbons (Fsp3) is 0. The van der Waals surface area contributed by atoms with Crippen LogP contribution in [0.25, 0.3) is 66.5 Å². The quantitative estimate of drug-likeness (QED) is 0.267. The van der Waals surface area contributed by atoms with Crippen molar-refractivity contribution in [3.63, 3.8) is 0 Å². The molecule has 0 bridgehead atoms. The summed E-state index contributed by atoms with van der Waals surface area (Å²) in [5, 5.41) is 3.37. The molecular formula is C33H21N3. The Labute approximate surface area is 208 Å². The van der Waals surface area contributed by atoms with Crippen LogP contribution in [0.1, 0.15) is 0 Å². The van der Waals surface area contributed by atoms with E-state index in [-0.39, 0.29) is 0 Å². The molecule has 7 rings (SSSR count). The number of fused-ring (bicyclic) bond motifs is 3. The van der Waals surface area contributed by atoms with Gasteiger partial charge in [-0.05, 0) is 36.4 Å². The van der Waals surface area contributed by atoms with E-state index < -0.39 is 0 Å². The van der Waals surface area contributed by atoms with Crippen LogP contribution < -0.4 is 0 Å². The number of hydrogen-bond acceptors (Lipinski definition) is 3. The Morgan fingerprint density at radius 3 is 1.17 bits per heavy atom. The lowest BCUT2D eigenvalue weighted by Gasteiger charge is -2.16. The van der Waals surface area contributed by atoms with Crippen molar-refractivity contribution in [2.45, 2.75) is 0 Å². The summed E-state index contributed by atoms with van der Waals surface area (Å²) in [5.74, 6) is 0. The van der Waals surface area contributed by atoms with E-state index in [1.54, 1.807) is 0 Å². The minimum absolute atomic E-state index is 0.907. The van der Waals surface area contributed by atoms with Gasteiger partial charge in [0, 0.05) is 32.8 Å². The predicted molar refractivity (Wildman–Crippen MR) is 149 cm³/mol. The summed E-state index contributed by atoms with van der Waals surface area (Å²) < 4.78 is 0. The maximum Gasteiger partial charge on any atom is 0.0723 e. The molecule has 3 aromatic heterocycles. The molecule has 0 atom stereocenters. The molecule has 0 saturated heterocycles. The van der Waals surface area contributed by atoms with Crippen LogP contribution in [-0.2, 0) is 0 Å². The zero-order valence-electron chi connectivity index (χ0n) is 19.5. The van der Waals surface area contributed by atoms with Gasteiger partial charge in [-0.25, -0.2) is 15.0 Å². The second kappa shape index (κ2) is 8.40. The minimum Gasteiger partial charge on any atom is -0.248 e. The SMILES string of the molecule is c1cc(-c2ccc3ccccc3n2)c(-c2ccc3ccccc3n2)c(-c2ccc3ccccc3n2)c1. The highest BCUT2D eigenvalue weighted by atomic mass is 14.7. The second-order valence-electron chi connectivity index (χ2n) is 8.90. The summed E-state index contributed by atoms with van der Waals surface area (Å²) in [6, 6.07) is 43.7. The van der Waals surface area contributed by atoms with Gasteiger partial charge in [0.05, 0.1) is 33.6 Å². The smallest absolute Gasteiger partial charge is 0.0723 e. The molecule has 0 saturated carbocycles. The second-order valence-corrected chi connectivity index (χ2v) is 8.90. The van der Waals surface area contributed by atoms with Gasteiger partial charge in [-0.1, -0.05) is 91.0 Å². The van der Waals surface area contributed by atoms with Gasteiger partial charge in [0.1, 0.15) is 0 Å². The summed E-state index contributed by atoms with van der Waals surface area (Å²) >= 11 is 0. The lowest BCUT2D eigenvalue weighted by Crippen LogP contribution is -1.96. The standard InChI is InChI=1S/C33H21N3/c1-4-13-27-22(8-1)16-19-30(34-27)25-11-7-12-26(31-20-17-23-9-2-5-14-28(23)35-31)33(25)32-21-18-24-10-3-6-15-29(24)36-32/h1-21H. The van der Waals surface area contributed by atoms with Crippen LogP contribution >= 0.6 is 0 Å². The molecule has 3 heterocycles. The van der Waals surface area contributed by atoms with Crippen LogP contribution in [0.4, 0.5) is 0 Å². The average molecular weight is 460 g/mol. The predicted octanol–water partition coefficient (Wildman–Crippen LogP) is 8.33. The molecule has 0 aliphatic carbocycles. The van der Waals surface area contributed by atoms with Gasteiger partial charge < -0.3 is 0 Å². The summed E-state index contributed by atoms with van der Waals surface area (Å²) in [6.45, 7) is 0. The van der Waals surface area contributed by atoms with Crippen molar-refractivity contribution in [3.05, 3.63) is 127 Å². The topological polar surface area (TPSA) is 38.7 Å². The Hall–Kier alpha value is -4.89. The number of para-hydroxylation sites is 3. The fourth-order valence-electron chi connectivity index (χ4n) is 4.89. The first-order valence-corrected chi connectivity index (χ1v) is 12.0. The Kier molecular flexibility index (Phi) is 4.78. The molecule has 4 aromatic carbocycles. The number of hydrogen-bond donors (Lipinski definition) is 0. The third kappa shape index (κ3) is 3.50. The van der Waals surface area contributed by atoms with E-state index in [0.717, 1.165) is 66.5 Å². The van der Waals surface area contributed by atoms with Gasteiger partial charge in [0.25, 0.3) is 0 Å². The molecule has 0 unspecified atom stereocenters. The lowest BCUT2D eigenvalue weighted by atomic mass is 9.92. The third-order valence-electron chi connectivity index (χ3n) is 6.67. The number of benzene rings is 4. The van der Waals surface area contributed by atoms with Gasteiger partial charge in [-0.15, -0.1) is 0 Å². The van der Waals surface area contributed by atoms with Crippen molar-refractivity contribution >= 4 is 32.7 Å². The van der Waals surface area contributed by atoms with E-state index in [2.05, 4.69) is 91.0 Å². The summed E-state index contributed by atoms with van der Waals surface area (Å²) in [7, 11) is 0. The van der Waals surface area contributed by atoms with Crippen LogP contribution in [0, 0.1) is 0 Å². The van der Waals surface area contributed by atoms with Crippen LogP contribution in [0.5, 0.6) is 0 Å². The summed E-state index contributed by atoms with van der Waals surface area (Å²) in [4.78, 5) is 15.1. The first-order valence-electron chi connectivity index (χ1n) is 12.0. The van der Waals surface area contributed by atoms with Gasteiger partial charge in [0.15, 0.2) is 0 Å². The first kappa shape index (κ1) is 20.5. The van der Waals surface area contributed by atoms with E-state index in [4.69, 9.17) is 15.0 Å². The highest BCUT2D eigenvalue weighted by Gasteiger charge is 2.18. The van der Waals surface area contributed by atoms with Crippen molar-refractivity contribution in [1.82, 2.24) is 15.0 Å². The van der Waals surface area contributed by atoms with Gasteiger partial charge in [-0.2, -0.15) is 0 Å². The molecular weight excluding hydrogens is 438 g/mol. The summed E-state index contributed by atoms with van der Waals surface area (Å²) in [5.41, 5.74) is 8.77. The summed E-state index contributed by atoms with van der Waals surface area (Å²) in [6.07, 6.45) is 0. The Balaban J connectivity index is 1.52. The van der Waals surface area contributed by atoms with Crippen molar-refractivity contribution in [3.8, 4) is 33.8 Å². The molecule has 3 heteroatoms. The van der Waals surface area contributed by atoms with Crippen LogP contribution in [0.3, 0.4) is 0 Å². The Morgan fingerprint density at radius 2 is 0.694 bits per heavy atom. The fourth-order valence-corrected chi connectivity index (χ4v) is 4.89. The maximum absolute atomic E-state index is 5.09. The average Bonchev–Trinajstić information content (AvgIpc) is 2.96. The molecule has 0 fully saturated rings. The normalized spacial score (nSPS) is 11.3. The van der Waals surface area contributed by atoms with Crippen molar-refractivity contribution in [2.75, 3.05) is 0 Å². The Morgan fingerprint density at radius 1 is 0.306 bits per heavy atom. The highest BCUT2D eigenvalue weighted by Crippen LogP contribution is 2.39. The lowest BCUT2D eigenvalue weighted by molar-refractivity contribution is 1.35. The molecule has 0 N–H and O–H groups in total.